The molecule has 1 aliphatic carbocycles. The van der Waals surface area contributed by atoms with E-state index in [-0.39, 0.29) is 5.91 Å². The van der Waals surface area contributed by atoms with Crippen molar-refractivity contribution < 1.29 is 14.7 Å². The normalized spacial score (nSPS) is 22.1. The van der Waals surface area contributed by atoms with E-state index >= 15 is 0 Å². The van der Waals surface area contributed by atoms with Crippen molar-refractivity contribution in [3.63, 3.8) is 0 Å². The van der Waals surface area contributed by atoms with Crippen LogP contribution in [0.2, 0.25) is 0 Å². The van der Waals surface area contributed by atoms with Crippen LogP contribution in [0.1, 0.15) is 66.1 Å². The maximum Gasteiger partial charge on any atom is 0.308 e. The molecule has 1 saturated carbocycles. The van der Waals surface area contributed by atoms with Gasteiger partial charge >= 0.3 is 5.97 Å². The summed E-state index contributed by atoms with van der Waals surface area (Å²) >= 11 is 0. The highest BCUT2D eigenvalue weighted by atomic mass is 16.4. The van der Waals surface area contributed by atoms with Gasteiger partial charge < -0.3 is 15.3 Å². The van der Waals surface area contributed by atoms with Gasteiger partial charge in [-0.25, -0.2) is 0 Å². The SMILES string of the molecule is Cc1ccccc1C(=O)N1CCC[C@H](C(=O)O)[C@@H]1c1ccc(NC2CCCC2)cc1. The summed E-state index contributed by atoms with van der Waals surface area (Å²) in [7, 11) is 0. The molecule has 0 aromatic heterocycles. The molecule has 2 aliphatic rings. The number of carboxylic acids is 1. The number of rotatable bonds is 5. The van der Waals surface area contributed by atoms with Crippen molar-refractivity contribution in [2.45, 2.75) is 57.5 Å². The average molecular weight is 407 g/mol. The van der Waals surface area contributed by atoms with Crippen LogP contribution in [0.25, 0.3) is 0 Å². The van der Waals surface area contributed by atoms with Gasteiger partial charge in [0.25, 0.3) is 5.91 Å². The lowest BCUT2D eigenvalue weighted by Crippen LogP contribution is -2.45. The van der Waals surface area contributed by atoms with Crippen molar-refractivity contribution in [2.75, 3.05) is 11.9 Å². The van der Waals surface area contributed by atoms with Gasteiger partial charge in [-0.15, -0.1) is 0 Å². The lowest BCUT2D eigenvalue weighted by molar-refractivity contribution is -0.145. The third kappa shape index (κ3) is 4.20. The summed E-state index contributed by atoms with van der Waals surface area (Å²) in [6.45, 7) is 2.49. The molecule has 2 fully saturated rings. The zero-order chi connectivity index (χ0) is 21.1. The quantitative estimate of drug-likeness (QED) is 0.731. The van der Waals surface area contributed by atoms with Crippen LogP contribution in [-0.4, -0.2) is 34.5 Å². The fourth-order valence-corrected chi connectivity index (χ4v) is 4.94. The lowest BCUT2D eigenvalue weighted by Gasteiger charge is -2.40. The van der Waals surface area contributed by atoms with Gasteiger partial charge in [-0.2, -0.15) is 0 Å². The minimum absolute atomic E-state index is 0.0859. The van der Waals surface area contributed by atoms with E-state index in [1.807, 2.05) is 55.5 Å². The molecule has 5 heteroatoms. The Morgan fingerprint density at radius 1 is 0.967 bits per heavy atom. The maximum absolute atomic E-state index is 13.4. The first-order chi connectivity index (χ1) is 14.5. The van der Waals surface area contributed by atoms with Gasteiger partial charge in [0.15, 0.2) is 0 Å². The van der Waals surface area contributed by atoms with Gasteiger partial charge in [-0.3, -0.25) is 9.59 Å². The second kappa shape index (κ2) is 8.90. The molecule has 158 valence electrons. The number of nitrogens with one attached hydrogen (secondary N) is 1. The first kappa shape index (κ1) is 20.5. The summed E-state index contributed by atoms with van der Waals surface area (Å²) in [5.41, 5.74) is 3.51. The monoisotopic (exact) mass is 406 g/mol. The minimum Gasteiger partial charge on any atom is -0.481 e. The topological polar surface area (TPSA) is 69.6 Å². The van der Waals surface area contributed by atoms with Crippen LogP contribution in [0, 0.1) is 12.8 Å². The fourth-order valence-electron chi connectivity index (χ4n) is 4.94. The molecule has 2 atom stereocenters. The Hall–Kier alpha value is -2.82. The molecule has 0 spiro atoms. The van der Waals surface area contributed by atoms with Crippen molar-refractivity contribution in [1.82, 2.24) is 4.90 Å². The molecule has 1 saturated heterocycles. The number of hydrogen-bond acceptors (Lipinski definition) is 3. The van der Waals surface area contributed by atoms with Crippen LogP contribution < -0.4 is 5.32 Å². The van der Waals surface area contributed by atoms with E-state index in [4.69, 9.17) is 0 Å². The highest BCUT2D eigenvalue weighted by Gasteiger charge is 2.39. The molecule has 0 bridgehead atoms. The Morgan fingerprint density at radius 2 is 1.67 bits per heavy atom. The number of carbonyl (C=O) groups excluding carboxylic acids is 1. The summed E-state index contributed by atoms with van der Waals surface area (Å²) < 4.78 is 0. The van der Waals surface area contributed by atoms with Crippen molar-refractivity contribution in [3.8, 4) is 0 Å². The molecule has 2 aromatic carbocycles. The lowest BCUT2D eigenvalue weighted by atomic mass is 9.84. The number of benzene rings is 2. The molecule has 1 amide bonds. The van der Waals surface area contributed by atoms with Crippen LogP contribution in [0.4, 0.5) is 5.69 Å². The number of aryl methyl sites for hydroxylation is 1. The summed E-state index contributed by atoms with van der Waals surface area (Å²) in [4.78, 5) is 27.2. The molecular formula is C25H30N2O3. The van der Waals surface area contributed by atoms with E-state index in [1.54, 1.807) is 4.90 Å². The first-order valence-corrected chi connectivity index (χ1v) is 11.0. The van der Waals surface area contributed by atoms with E-state index in [0.29, 0.717) is 31.0 Å². The smallest absolute Gasteiger partial charge is 0.308 e. The number of hydrogen-bond donors (Lipinski definition) is 2. The van der Waals surface area contributed by atoms with Crippen LogP contribution in [0.5, 0.6) is 0 Å². The summed E-state index contributed by atoms with van der Waals surface area (Å²) in [6.07, 6.45) is 6.22. The molecule has 0 radical (unpaired) electrons. The van der Waals surface area contributed by atoms with Gasteiger partial charge in [0.2, 0.25) is 0 Å². The predicted octanol–water partition coefficient (Wildman–Crippen LogP) is 5.03. The zero-order valence-electron chi connectivity index (χ0n) is 17.5. The van der Waals surface area contributed by atoms with Crippen molar-refractivity contribution in [1.29, 1.82) is 0 Å². The molecule has 1 aliphatic heterocycles. The molecule has 2 N–H and O–H groups in total. The van der Waals surface area contributed by atoms with E-state index in [1.165, 1.54) is 25.7 Å². The average Bonchev–Trinajstić information content (AvgIpc) is 3.27. The number of nitrogens with zero attached hydrogens (tertiary/aromatic N) is 1. The van der Waals surface area contributed by atoms with E-state index < -0.39 is 17.9 Å². The standard InChI is InChI=1S/C25H30N2O3/c1-17-7-2-5-10-21(17)24(28)27-16-6-11-22(25(29)30)23(27)18-12-14-20(15-13-18)26-19-8-3-4-9-19/h2,5,7,10,12-15,19,22-23,26H,3-4,6,8-9,11,16H2,1H3,(H,29,30)/t22-,23-/m0/s1. The van der Waals surface area contributed by atoms with E-state index in [9.17, 15) is 14.7 Å². The molecule has 0 unspecified atom stereocenters. The van der Waals surface area contributed by atoms with Crippen molar-refractivity contribution in [2.24, 2.45) is 5.92 Å². The zero-order valence-corrected chi connectivity index (χ0v) is 17.5. The molecular weight excluding hydrogens is 376 g/mol. The van der Waals surface area contributed by atoms with E-state index in [2.05, 4.69) is 5.32 Å². The fraction of sp³-hybridized carbons (Fsp3) is 0.440. The third-order valence-corrected chi connectivity index (χ3v) is 6.56. The van der Waals surface area contributed by atoms with Gasteiger partial charge in [0, 0.05) is 23.8 Å². The minimum atomic E-state index is -0.838. The molecule has 30 heavy (non-hydrogen) atoms. The van der Waals surface area contributed by atoms with Gasteiger partial charge in [0.1, 0.15) is 0 Å². The Morgan fingerprint density at radius 3 is 2.33 bits per heavy atom. The Bertz CT molecular complexity index is 903. The maximum atomic E-state index is 13.4. The Labute approximate surface area is 178 Å². The largest absolute Gasteiger partial charge is 0.481 e. The highest BCUT2D eigenvalue weighted by Crippen LogP contribution is 2.38. The number of piperidine rings is 1. The highest BCUT2D eigenvalue weighted by molar-refractivity contribution is 5.96. The number of amides is 1. The van der Waals surface area contributed by atoms with Crippen LogP contribution >= 0.6 is 0 Å². The number of carboxylic acid groups (broad SMARTS) is 1. The van der Waals surface area contributed by atoms with Gasteiger partial charge in [-0.05, 0) is 61.9 Å². The second-order valence-corrected chi connectivity index (χ2v) is 8.59. The Kier molecular flexibility index (Phi) is 6.07. The third-order valence-electron chi connectivity index (χ3n) is 6.56. The van der Waals surface area contributed by atoms with Crippen LogP contribution in [-0.2, 0) is 4.79 Å². The van der Waals surface area contributed by atoms with Crippen molar-refractivity contribution in [3.05, 3.63) is 65.2 Å². The van der Waals surface area contributed by atoms with Crippen LogP contribution in [0.15, 0.2) is 48.5 Å². The van der Waals surface area contributed by atoms with E-state index in [0.717, 1.165) is 16.8 Å². The number of carbonyl (C=O) groups is 2. The van der Waals surface area contributed by atoms with Crippen molar-refractivity contribution >= 4 is 17.6 Å². The summed E-state index contributed by atoms with van der Waals surface area (Å²) in [5.74, 6) is -1.52. The Balaban J connectivity index is 1.62. The predicted molar refractivity (Wildman–Crippen MR) is 118 cm³/mol. The molecule has 1 heterocycles. The second-order valence-electron chi connectivity index (χ2n) is 8.59. The summed E-state index contributed by atoms with van der Waals surface area (Å²) in [5, 5.41) is 13.5. The molecule has 2 aromatic rings. The first-order valence-electron chi connectivity index (χ1n) is 11.0. The molecule has 5 nitrogen and oxygen atoms in total. The van der Waals surface area contributed by atoms with Crippen LogP contribution in [0.3, 0.4) is 0 Å². The number of likely N-dealkylation sites (tertiary alicyclic amines) is 1. The number of aliphatic carboxylic acids is 1. The van der Waals surface area contributed by atoms with Gasteiger partial charge in [-0.1, -0.05) is 43.2 Å². The number of anilines is 1. The molecule has 4 rings (SSSR count). The van der Waals surface area contributed by atoms with Gasteiger partial charge in [0.05, 0.1) is 12.0 Å². The summed E-state index contributed by atoms with van der Waals surface area (Å²) in [6, 6.07) is 15.6.